The summed E-state index contributed by atoms with van der Waals surface area (Å²) in [7, 11) is 0. The van der Waals surface area contributed by atoms with Gasteiger partial charge in [-0.3, -0.25) is 9.59 Å². The number of carbonyl (C=O) groups excluding carboxylic acids is 2. The Kier molecular flexibility index (Phi) is 45.4. The third kappa shape index (κ3) is 45.0. The van der Waals surface area contributed by atoms with Crippen molar-refractivity contribution in [3.05, 3.63) is 24.3 Å². The highest BCUT2D eigenvalue weighted by molar-refractivity contribution is 5.70. The van der Waals surface area contributed by atoms with Gasteiger partial charge in [-0.05, 0) is 44.9 Å². The first-order valence-electron chi connectivity index (χ1n) is 24.4. The van der Waals surface area contributed by atoms with E-state index in [-0.39, 0.29) is 25.2 Å². The molecule has 0 aromatic heterocycles. The van der Waals surface area contributed by atoms with Crippen molar-refractivity contribution in [3.8, 4) is 0 Å². The summed E-state index contributed by atoms with van der Waals surface area (Å²) in [5.74, 6) is -0.626. The Hall–Kier alpha value is -1.62. The van der Waals surface area contributed by atoms with Crippen LogP contribution in [0.15, 0.2) is 24.3 Å². The van der Waals surface area contributed by atoms with Crippen molar-refractivity contribution in [1.82, 2.24) is 0 Å². The Morgan fingerprint density at radius 2 is 0.709 bits per heavy atom. The van der Waals surface area contributed by atoms with Crippen LogP contribution in [0.4, 0.5) is 0 Å². The minimum Gasteiger partial charge on any atom is -0.462 e. The van der Waals surface area contributed by atoms with Crippen LogP contribution in [0, 0.1) is 0 Å². The van der Waals surface area contributed by atoms with E-state index in [4.69, 9.17) is 9.47 Å². The van der Waals surface area contributed by atoms with Crippen LogP contribution in [-0.2, 0) is 19.1 Å². The van der Waals surface area contributed by atoms with Crippen LogP contribution in [0.25, 0.3) is 0 Å². The first-order valence-corrected chi connectivity index (χ1v) is 24.4. The van der Waals surface area contributed by atoms with E-state index < -0.39 is 6.10 Å². The van der Waals surface area contributed by atoms with Gasteiger partial charge in [0.05, 0.1) is 6.61 Å². The number of aliphatic hydroxyl groups excluding tert-OH is 1. The Bertz CT molecular complexity index is 836. The summed E-state index contributed by atoms with van der Waals surface area (Å²) < 4.78 is 10.6. The average molecular weight is 775 g/mol. The molecule has 0 rings (SSSR count). The number of esters is 2. The van der Waals surface area contributed by atoms with Crippen LogP contribution in [0.5, 0.6) is 0 Å². The summed E-state index contributed by atoms with van der Waals surface area (Å²) in [6, 6.07) is 0. The Labute approximate surface area is 343 Å². The maximum atomic E-state index is 12.2. The first kappa shape index (κ1) is 53.4. The molecule has 0 aliphatic heterocycles. The van der Waals surface area contributed by atoms with Crippen molar-refractivity contribution in [2.24, 2.45) is 0 Å². The van der Waals surface area contributed by atoms with Crippen LogP contribution in [0.2, 0.25) is 0 Å². The highest BCUT2D eigenvalue weighted by atomic mass is 16.6. The van der Waals surface area contributed by atoms with Gasteiger partial charge in [0.2, 0.25) is 0 Å². The van der Waals surface area contributed by atoms with E-state index in [0.717, 1.165) is 44.9 Å². The zero-order chi connectivity index (χ0) is 40.0. The van der Waals surface area contributed by atoms with Crippen molar-refractivity contribution < 1.29 is 24.2 Å². The highest BCUT2D eigenvalue weighted by Crippen LogP contribution is 2.16. The van der Waals surface area contributed by atoms with Gasteiger partial charge in [0.25, 0.3) is 0 Å². The van der Waals surface area contributed by atoms with E-state index in [1.165, 1.54) is 193 Å². The molecule has 5 heteroatoms. The average Bonchev–Trinajstić information content (AvgIpc) is 3.19. The second-order valence-corrected chi connectivity index (χ2v) is 16.5. The molecule has 0 radical (unpaired) electrons. The zero-order valence-electron chi connectivity index (χ0n) is 37.0. The molecule has 0 saturated carbocycles. The molecule has 55 heavy (non-hydrogen) atoms. The number of carbonyl (C=O) groups is 2. The summed E-state index contributed by atoms with van der Waals surface area (Å²) in [6.45, 7) is 4.15. The number of hydrogen-bond acceptors (Lipinski definition) is 5. The van der Waals surface area contributed by atoms with Crippen molar-refractivity contribution in [2.75, 3.05) is 13.2 Å². The van der Waals surface area contributed by atoms with E-state index in [0.29, 0.717) is 12.8 Å². The van der Waals surface area contributed by atoms with Crippen molar-refractivity contribution in [2.45, 2.75) is 270 Å². The first-order chi connectivity index (χ1) is 27.1. The van der Waals surface area contributed by atoms with Gasteiger partial charge in [-0.1, -0.05) is 231 Å². The van der Waals surface area contributed by atoms with Crippen LogP contribution < -0.4 is 0 Å². The standard InChI is InChI=1S/C50H94O5/c1-3-5-7-9-11-13-15-17-19-21-23-24-25-26-27-29-30-32-34-36-38-40-42-44-49(52)54-47-48(46-51)55-50(53)45-43-41-39-37-35-33-31-28-22-20-18-16-14-12-10-8-6-4-2/h29-30,36,38,48,51H,3-28,31-35,37,39-47H2,1-2H3/b30-29+,38-36+/t48-/m0/s1. The lowest BCUT2D eigenvalue weighted by molar-refractivity contribution is -0.161. The van der Waals surface area contributed by atoms with E-state index in [9.17, 15) is 14.7 Å². The number of hydrogen-bond donors (Lipinski definition) is 1. The molecule has 0 bridgehead atoms. The molecule has 0 spiro atoms. The lowest BCUT2D eigenvalue weighted by Crippen LogP contribution is -2.28. The molecule has 0 fully saturated rings. The largest absolute Gasteiger partial charge is 0.462 e. The number of ether oxygens (including phenoxy) is 2. The molecule has 0 aliphatic rings. The Balaban J connectivity index is 3.52. The molecule has 0 unspecified atom stereocenters. The molecule has 5 nitrogen and oxygen atoms in total. The van der Waals surface area contributed by atoms with Crippen LogP contribution in [-0.4, -0.2) is 36.4 Å². The second-order valence-electron chi connectivity index (χ2n) is 16.5. The molecule has 0 aromatic carbocycles. The molecule has 1 atom stereocenters. The number of rotatable bonds is 45. The van der Waals surface area contributed by atoms with Gasteiger partial charge in [-0.2, -0.15) is 0 Å². The van der Waals surface area contributed by atoms with Crippen LogP contribution >= 0.6 is 0 Å². The predicted molar refractivity (Wildman–Crippen MR) is 238 cm³/mol. The van der Waals surface area contributed by atoms with Gasteiger partial charge >= 0.3 is 11.9 Å². The normalized spacial score (nSPS) is 12.3. The minimum absolute atomic E-state index is 0.0816. The van der Waals surface area contributed by atoms with E-state index in [1.807, 2.05) is 0 Å². The quantitative estimate of drug-likeness (QED) is 0.0379. The Morgan fingerprint density at radius 3 is 1.09 bits per heavy atom. The zero-order valence-corrected chi connectivity index (χ0v) is 37.0. The van der Waals surface area contributed by atoms with Gasteiger partial charge in [-0.15, -0.1) is 0 Å². The summed E-state index contributed by atoms with van der Waals surface area (Å²) in [4.78, 5) is 24.4. The summed E-state index contributed by atoms with van der Waals surface area (Å²) in [5, 5.41) is 9.60. The van der Waals surface area contributed by atoms with E-state index in [2.05, 4.69) is 38.2 Å². The smallest absolute Gasteiger partial charge is 0.306 e. The highest BCUT2D eigenvalue weighted by Gasteiger charge is 2.16. The third-order valence-electron chi connectivity index (χ3n) is 11.0. The Morgan fingerprint density at radius 1 is 0.400 bits per heavy atom. The predicted octanol–water partition coefficient (Wildman–Crippen LogP) is 15.8. The van der Waals surface area contributed by atoms with Gasteiger partial charge < -0.3 is 14.6 Å². The van der Waals surface area contributed by atoms with Crippen molar-refractivity contribution in [3.63, 3.8) is 0 Å². The molecule has 0 heterocycles. The van der Waals surface area contributed by atoms with Gasteiger partial charge in [0.1, 0.15) is 6.61 Å². The molecule has 324 valence electrons. The lowest BCUT2D eigenvalue weighted by Gasteiger charge is -2.15. The molecule has 0 aromatic rings. The maximum Gasteiger partial charge on any atom is 0.306 e. The van der Waals surface area contributed by atoms with E-state index in [1.54, 1.807) is 0 Å². The topological polar surface area (TPSA) is 72.8 Å². The molecule has 0 amide bonds. The minimum atomic E-state index is -0.783. The number of unbranched alkanes of at least 4 members (excludes halogenated alkanes) is 33. The molecule has 1 N–H and O–H groups in total. The molecular weight excluding hydrogens is 681 g/mol. The summed E-state index contributed by atoms with van der Waals surface area (Å²) >= 11 is 0. The SMILES string of the molecule is CCCCCCCCCCCCCCCC/C=C/CC/C=C/CCCC(=O)OC[C@H](CO)OC(=O)CCCCCCCCCCCCCCCCCCCC. The number of aliphatic hydroxyl groups is 1. The van der Waals surface area contributed by atoms with Crippen molar-refractivity contribution >= 4 is 11.9 Å². The van der Waals surface area contributed by atoms with Crippen molar-refractivity contribution in [1.29, 1.82) is 0 Å². The van der Waals surface area contributed by atoms with Crippen LogP contribution in [0.3, 0.4) is 0 Å². The number of allylic oxidation sites excluding steroid dienone is 4. The maximum absolute atomic E-state index is 12.2. The van der Waals surface area contributed by atoms with Gasteiger partial charge in [0, 0.05) is 12.8 Å². The second kappa shape index (κ2) is 46.8. The fraction of sp³-hybridized carbons (Fsp3) is 0.880. The fourth-order valence-corrected chi connectivity index (χ4v) is 7.28. The molecule has 0 saturated heterocycles. The lowest BCUT2D eigenvalue weighted by atomic mass is 10.0. The monoisotopic (exact) mass is 775 g/mol. The fourth-order valence-electron chi connectivity index (χ4n) is 7.28. The van der Waals surface area contributed by atoms with Gasteiger partial charge in [-0.25, -0.2) is 0 Å². The third-order valence-corrected chi connectivity index (χ3v) is 11.0. The molecule has 0 aliphatic carbocycles. The summed E-state index contributed by atoms with van der Waals surface area (Å²) in [5.41, 5.74) is 0. The van der Waals surface area contributed by atoms with E-state index >= 15 is 0 Å². The summed E-state index contributed by atoms with van der Waals surface area (Å²) in [6.07, 6.45) is 57.0. The van der Waals surface area contributed by atoms with Gasteiger partial charge in [0.15, 0.2) is 6.10 Å². The van der Waals surface area contributed by atoms with Crippen LogP contribution in [0.1, 0.15) is 264 Å². The molecular formula is C50H94O5.